The first kappa shape index (κ1) is 12.0. The van der Waals surface area contributed by atoms with E-state index < -0.39 is 0 Å². The molecule has 0 saturated carbocycles. The number of hydrogen-bond acceptors (Lipinski definition) is 4. The SMILES string of the molecule is SCCCN1CCN(Cc2ccco2)CC1. The van der Waals surface area contributed by atoms with Crippen LogP contribution in [0.4, 0.5) is 0 Å². The predicted molar refractivity (Wildman–Crippen MR) is 68.9 cm³/mol. The maximum Gasteiger partial charge on any atom is 0.117 e. The second kappa shape index (κ2) is 6.33. The second-order valence-corrected chi connectivity index (χ2v) is 4.72. The highest BCUT2D eigenvalue weighted by atomic mass is 32.1. The maximum atomic E-state index is 5.36. The average molecular weight is 240 g/mol. The van der Waals surface area contributed by atoms with Crippen LogP contribution in [0.2, 0.25) is 0 Å². The van der Waals surface area contributed by atoms with Gasteiger partial charge in [-0.1, -0.05) is 0 Å². The summed E-state index contributed by atoms with van der Waals surface area (Å²) in [4.78, 5) is 4.98. The minimum atomic E-state index is 0.952. The molecule has 1 aliphatic rings. The number of thiol groups is 1. The van der Waals surface area contributed by atoms with Gasteiger partial charge in [-0.05, 0) is 30.9 Å². The lowest BCUT2D eigenvalue weighted by Crippen LogP contribution is -2.46. The molecule has 16 heavy (non-hydrogen) atoms. The zero-order valence-electron chi connectivity index (χ0n) is 9.64. The van der Waals surface area contributed by atoms with Gasteiger partial charge in [-0.15, -0.1) is 0 Å². The lowest BCUT2D eigenvalue weighted by Gasteiger charge is -2.34. The van der Waals surface area contributed by atoms with Crippen LogP contribution in [0.15, 0.2) is 22.8 Å². The van der Waals surface area contributed by atoms with E-state index in [4.69, 9.17) is 4.42 Å². The van der Waals surface area contributed by atoms with Crippen LogP contribution in [0.25, 0.3) is 0 Å². The van der Waals surface area contributed by atoms with Crippen LogP contribution in [0, 0.1) is 0 Å². The van der Waals surface area contributed by atoms with Crippen molar-refractivity contribution < 1.29 is 4.42 Å². The summed E-state index contributed by atoms with van der Waals surface area (Å²) < 4.78 is 5.36. The highest BCUT2D eigenvalue weighted by Crippen LogP contribution is 2.09. The molecule has 1 fully saturated rings. The largest absolute Gasteiger partial charge is 0.468 e. The van der Waals surface area contributed by atoms with Gasteiger partial charge in [0, 0.05) is 26.2 Å². The normalized spacial score (nSPS) is 19.1. The molecule has 3 nitrogen and oxygen atoms in total. The Balaban J connectivity index is 1.69. The van der Waals surface area contributed by atoms with E-state index in [0.717, 1.165) is 31.1 Å². The molecule has 1 aromatic heterocycles. The zero-order chi connectivity index (χ0) is 11.2. The molecule has 0 unspecified atom stereocenters. The Labute approximate surface area is 103 Å². The summed E-state index contributed by atoms with van der Waals surface area (Å²) in [6.07, 6.45) is 2.94. The van der Waals surface area contributed by atoms with Crippen molar-refractivity contribution >= 4 is 12.6 Å². The third kappa shape index (κ3) is 3.54. The molecule has 2 heterocycles. The van der Waals surface area contributed by atoms with Crippen LogP contribution in [0.5, 0.6) is 0 Å². The van der Waals surface area contributed by atoms with Gasteiger partial charge in [0.25, 0.3) is 0 Å². The summed E-state index contributed by atoms with van der Waals surface area (Å²) in [6, 6.07) is 4.01. The van der Waals surface area contributed by atoms with Crippen molar-refractivity contribution in [3.05, 3.63) is 24.2 Å². The molecule has 0 bridgehead atoms. The third-order valence-electron chi connectivity index (χ3n) is 3.06. The minimum absolute atomic E-state index is 0.952. The molecule has 0 aromatic carbocycles. The summed E-state index contributed by atoms with van der Waals surface area (Å²) in [7, 11) is 0. The Morgan fingerprint density at radius 2 is 1.94 bits per heavy atom. The Morgan fingerprint density at radius 3 is 2.56 bits per heavy atom. The molecule has 90 valence electrons. The van der Waals surface area contributed by atoms with Gasteiger partial charge in [-0.25, -0.2) is 0 Å². The fourth-order valence-corrected chi connectivity index (χ4v) is 2.23. The fraction of sp³-hybridized carbons (Fsp3) is 0.667. The molecule has 1 aromatic rings. The van der Waals surface area contributed by atoms with Crippen molar-refractivity contribution in [2.75, 3.05) is 38.5 Å². The molecule has 1 aliphatic heterocycles. The van der Waals surface area contributed by atoms with E-state index in [1.54, 1.807) is 6.26 Å². The van der Waals surface area contributed by atoms with E-state index in [2.05, 4.69) is 22.4 Å². The number of rotatable bonds is 5. The van der Waals surface area contributed by atoms with Gasteiger partial charge >= 0.3 is 0 Å². The molecule has 0 aliphatic carbocycles. The molecule has 4 heteroatoms. The van der Waals surface area contributed by atoms with E-state index in [1.807, 2.05) is 12.1 Å². The standard InChI is InChI=1S/C12H20N2OS/c16-10-2-4-13-5-7-14(8-6-13)11-12-3-1-9-15-12/h1,3,9,16H,2,4-8,10-11H2. The third-order valence-corrected chi connectivity index (χ3v) is 3.37. The lowest BCUT2D eigenvalue weighted by atomic mass is 10.3. The number of nitrogens with zero attached hydrogens (tertiary/aromatic N) is 2. The molecule has 0 spiro atoms. The highest BCUT2D eigenvalue weighted by Gasteiger charge is 2.16. The van der Waals surface area contributed by atoms with Crippen LogP contribution in [0.3, 0.4) is 0 Å². The summed E-state index contributed by atoms with van der Waals surface area (Å²) in [5, 5.41) is 0. The molecule has 0 N–H and O–H groups in total. The van der Waals surface area contributed by atoms with E-state index in [0.29, 0.717) is 0 Å². The molecule has 0 radical (unpaired) electrons. The van der Waals surface area contributed by atoms with Crippen molar-refractivity contribution in [1.29, 1.82) is 0 Å². The van der Waals surface area contributed by atoms with Crippen molar-refractivity contribution in [2.45, 2.75) is 13.0 Å². The van der Waals surface area contributed by atoms with Gasteiger partial charge < -0.3 is 9.32 Å². The predicted octanol–water partition coefficient (Wildman–Crippen LogP) is 1.72. The summed E-state index contributed by atoms with van der Waals surface area (Å²) in [6.45, 7) is 6.79. The highest BCUT2D eigenvalue weighted by molar-refractivity contribution is 7.80. The molecular weight excluding hydrogens is 220 g/mol. The van der Waals surface area contributed by atoms with Gasteiger partial charge in [-0.2, -0.15) is 12.6 Å². The number of furan rings is 1. The molecule has 0 amide bonds. The maximum absolute atomic E-state index is 5.36. The Morgan fingerprint density at radius 1 is 1.19 bits per heavy atom. The van der Waals surface area contributed by atoms with Crippen LogP contribution < -0.4 is 0 Å². The van der Waals surface area contributed by atoms with Crippen molar-refractivity contribution in [1.82, 2.24) is 9.80 Å². The monoisotopic (exact) mass is 240 g/mol. The summed E-state index contributed by atoms with van der Waals surface area (Å²) in [5.41, 5.74) is 0. The average Bonchev–Trinajstić information content (AvgIpc) is 2.81. The molecular formula is C12H20N2OS. The van der Waals surface area contributed by atoms with Crippen LogP contribution >= 0.6 is 12.6 Å². The number of piperazine rings is 1. The minimum Gasteiger partial charge on any atom is -0.468 e. The van der Waals surface area contributed by atoms with E-state index in [1.165, 1.54) is 26.1 Å². The fourth-order valence-electron chi connectivity index (χ4n) is 2.09. The molecule has 1 saturated heterocycles. The summed E-state index contributed by atoms with van der Waals surface area (Å²) >= 11 is 4.25. The van der Waals surface area contributed by atoms with Crippen molar-refractivity contribution in [3.63, 3.8) is 0 Å². The van der Waals surface area contributed by atoms with Crippen LogP contribution in [-0.2, 0) is 6.54 Å². The van der Waals surface area contributed by atoms with Gasteiger partial charge in [0.2, 0.25) is 0 Å². The molecule has 0 atom stereocenters. The first-order valence-electron chi connectivity index (χ1n) is 5.96. The van der Waals surface area contributed by atoms with Crippen molar-refractivity contribution in [2.24, 2.45) is 0 Å². The Bertz CT molecular complexity index is 281. The van der Waals surface area contributed by atoms with E-state index in [-0.39, 0.29) is 0 Å². The number of hydrogen-bond donors (Lipinski definition) is 1. The Hall–Kier alpha value is -0.450. The van der Waals surface area contributed by atoms with Crippen LogP contribution in [-0.4, -0.2) is 48.3 Å². The van der Waals surface area contributed by atoms with E-state index in [9.17, 15) is 0 Å². The van der Waals surface area contributed by atoms with Gasteiger partial charge in [0.1, 0.15) is 5.76 Å². The van der Waals surface area contributed by atoms with Crippen molar-refractivity contribution in [3.8, 4) is 0 Å². The molecule has 2 rings (SSSR count). The smallest absolute Gasteiger partial charge is 0.117 e. The lowest BCUT2D eigenvalue weighted by molar-refractivity contribution is 0.121. The zero-order valence-corrected chi connectivity index (χ0v) is 10.5. The van der Waals surface area contributed by atoms with Gasteiger partial charge in [0.05, 0.1) is 12.8 Å². The van der Waals surface area contributed by atoms with Gasteiger partial charge in [-0.3, -0.25) is 4.90 Å². The van der Waals surface area contributed by atoms with Crippen LogP contribution in [0.1, 0.15) is 12.2 Å². The van der Waals surface area contributed by atoms with Gasteiger partial charge in [0.15, 0.2) is 0 Å². The second-order valence-electron chi connectivity index (χ2n) is 4.27. The quantitative estimate of drug-likeness (QED) is 0.791. The van der Waals surface area contributed by atoms with E-state index >= 15 is 0 Å². The summed E-state index contributed by atoms with van der Waals surface area (Å²) in [5.74, 6) is 2.07. The topological polar surface area (TPSA) is 19.6 Å². The first-order chi connectivity index (χ1) is 7.88. The Kier molecular flexibility index (Phi) is 4.75. The first-order valence-corrected chi connectivity index (χ1v) is 6.59.